The summed E-state index contributed by atoms with van der Waals surface area (Å²) in [5.41, 5.74) is 11.3. The quantitative estimate of drug-likeness (QED) is 0.113. The summed E-state index contributed by atoms with van der Waals surface area (Å²) < 4.78 is 2.34. The standard InChI is InChI=1S/C54H32N6S2/c1-56-40-18-26-44(27-19-40)60(43-24-16-37(17-25-43)54-58-50-7-3-5-9-52(50)62-54)46-29-31-48-39(33-46)13-12-38-32-45(28-30-47(38)48)59(41-20-10-35(34-55)11-21-41)42-22-14-36(15-23-42)53-57-49-6-2-4-8-51(49)61-53/h2-33H. The van der Waals surface area contributed by atoms with Crippen molar-refractivity contribution >= 4 is 104 Å². The Morgan fingerprint density at radius 3 is 1.27 bits per heavy atom. The molecular weight excluding hydrogens is 797 g/mol. The first-order valence-corrected chi connectivity index (χ1v) is 21.7. The molecule has 9 aromatic carbocycles. The van der Waals surface area contributed by atoms with Gasteiger partial charge in [-0.25, -0.2) is 14.8 Å². The van der Waals surface area contributed by atoms with Crippen molar-refractivity contribution in [2.24, 2.45) is 0 Å². The van der Waals surface area contributed by atoms with E-state index in [-0.39, 0.29) is 0 Å². The van der Waals surface area contributed by atoms with E-state index in [9.17, 15) is 5.26 Å². The second-order valence-electron chi connectivity index (χ2n) is 14.9. The van der Waals surface area contributed by atoms with Gasteiger partial charge in [-0.3, -0.25) is 0 Å². The van der Waals surface area contributed by atoms with Gasteiger partial charge in [-0.2, -0.15) is 5.26 Å². The number of thiazole rings is 2. The molecule has 0 radical (unpaired) electrons. The minimum absolute atomic E-state index is 0.600. The summed E-state index contributed by atoms with van der Waals surface area (Å²) >= 11 is 3.39. The molecule has 6 nitrogen and oxygen atoms in total. The molecule has 0 amide bonds. The molecule has 0 saturated heterocycles. The summed E-state index contributed by atoms with van der Waals surface area (Å²) in [6.07, 6.45) is 0. The number of hydrogen-bond donors (Lipinski definition) is 0. The van der Waals surface area contributed by atoms with Crippen LogP contribution in [0.4, 0.5) is 39.8 Å². The lowest BCUT2D eigenvalue weighted by molar-refractivity contribution is 1.28. The molecule has 11 rings (SSSR count). The van der Waals surface area contributed by atoms with E-state index in [2.05, 4.69) is 142 Å². The third kappa shape index (κ3) is 6.76. The fraction of sp³-hybridized carbons (Fsp3) is 0. The van der Waals surface area contributed by atoms with Crippen molar-refractivity contribution < 1.29 is 0 Å². The van der Waals surface area contributed by atoms with Crippen LogP contribution in [0.2, 0.25) is 0 Å². The monoisotopic (exact) mass is 828 g/mol. The lowest BCUT2D eigenvalue weighted by Crippen LogP contribution is -2.10. The van der Waals surface area contributed by atoms with Crippen molar-refractivity contribution in [1.29, 1.82) is 5.26 Å². The van der Waals surface area contributed by atoms with Crippen LogP contribution in [0, 0.1) is 17.9 Å². The molecule has 0 bridgehead atoms. The van der Waals surface area contributed by atoms with E-state index in [1.165, 1.54) is 9.40 Å². The molecule has 11 aromatic rings. The molecule has 2 aromatic heterocycles. The van der Waals surface area contributed by atoms with Gasteiger partial charge in [0.15, 0.2) is 5.69 Å². The molecule has 0 aliphatic carbocycles. The predicted molar refractivity (Wildman–Crippen MR) is 259 cm³/mol. The number of para-hydroxylation sites is 2. The Morgan fingerprint density at radius 1 is 0.452 bits per heavy atom. The number of hydrogen-bond acceptors (Lipinski definition) is 7. The lowest BCUT2D eigenvalue weighted by Gasteiger charge is -2.27. The molecule has 0 saturated carbocycles. The van der Waals surface area contributed by atoms with E-state index >= 15 is 0 Å². The van der Waals surface area contributed by atoms with E-state index in [0.29, 0.717) is 11.3 Å². The van der Waals surface area contributed by atoms with E-state index in [1.807, 2.05) is 72.8 Å². The summed E-state index contributed by atoms with van der Waals surface area (Å²) in [4.78, 5) is 17.9. The highest BCUT2D eigenvalue weighted by atomic mass is 32.1. The molecule has 2 heterocycles. The molecule has 0 N–H and O–H groups in total. The number of nitriles is 1. The molecule has 0 fully saturated rings. The van der Waals surface area contributed by atoms with Crippen molar-refractivity contribution in [3.8, 4) is 27.2 Å². The van der Waals surface area contributed by atoms with E-state index in [1.54, 1.807) is 22.7 Å². The molecule has 0 aliphatic heterocycles. The summed E-state index contributed by atoms with van der Waals surface area (Å²) in [5, 5.41) is 16.1. The first-order chi connectivity index (χ1) is 30.6. The van der Waals surface area contributed by atoms with Gasteiger partial charge in [0, 0.05) is 45.3 Å². The number of aromatic nitrogens is 2. The average Bonchev–Trinajstić information content (AvgIpc) is 3.98. The Balaban J connectivity index is 0.957. The minimum Gasteiger partial charge on any atom is -0.311 e. The summed E-state index contributed by atoms with van der Waals surface area (Å²) in [5.74, 6) is 0. The van der Waals surface area contributed by atoms with Crippen molar-refractivity contribution in [3.63, 3.8) is 0 Å². The smallest absolute Gasteiger partial charge is 0.187 e. The fourth-order valence-corrected chi connectivity index (χ4v) is 10.0. The minimum atomic E-state index is 0.600. The van der Waals surface area contributed by atoms with Crippen LogP contribution in [0.15, 0.2) is 194 Å². The van der Waals surface area contributed by atoms with Gasteiger partial charge in [-0.1, -0.05) is 60.7 Å². The van der Waals surface area contributed by atoms with Gasteiger partial charge in [-0.15, -0.1) is 22.7 Å². The van der Waals surface area contributed by atoms with E-state index < -0.39 is 0 Å². The number of nitrogens with zero attached hydrogens (tertiary/aromatic N) is 6. The van der Waals surface area contributed by atoms with Crippen LogP contribution in [0.5, 0.6) is 0 Å². The van der Waals surface area contributed by atoms with Crippen LogP contribution < -0.4 is 9.80 Å². The molecule has 0 unspecified atom stereocenters. The Labute approximate surface area is 365 Å². The second kappa shape index (κ2) is 15.5. The second-order valence-corrected chi connectivity index (χ2v) is 17.0. The lowest BCUT2D eigenvalue weighted by atomic mass is 10.00. The Morgan fingerprint density at radius 2 is 0.855 bits per heavy atom. The van der Waals surface area contributed by atoms with Crippen molar-refractivity contribution in [3.05, 3.63) is 211 Å². The van der Waals surface area contributed by atoms with Gasteiger partial charge in [0.05, 0.1) is 38.6 Å². The summed E-state index contributed by atoms with van der Waals surface area (Å²) in [7, 11) is 0. The van der Waals surface area contributed by atoms with Gasteiger partial charge in [0.1, 0.15) is 10.0 Å². The van der Waals surface area contributed by atoms with Crippen molar-refractivity contribution in [2.45, 2.75) is 0 Å². The third-order valence-electron chi connectivity index (χ3n) is 11.1. The van der Waals surface area contributed by atoms with Crippen molar-refractivity contribution in [2.75, 3.05) is 9.80 Å². The van der Waals surface area contributed by atoms with E-state index in [4.69, 9.17) is 16.5 Å². The predicted octanol–water partition coefficient (Wildman–Crippen LogP) is 15.9. The van der Waals surface area contributed by atoms with Crippen LogP contribution in [-0.2, 0) is 0 Å². The van der Waals surface area contributed by atoms with Gasteiger partial charge in [0.25, 0.3) is 0 Å². The van der Waals surface area contributed by atoms with Gasteiger partial charge in [0.2, 0.25) is 0 Å². The number of benzene rings is 9. The van der Waals surface area contributed by atoms with Crippen LogP contribution in [0.1, 0.15) is 5.56 Å². The SMILES string of the molecule is [C-]#[N+]c1ccc(N(c2ccc(-c3nc4ccccc4s3)cc2)c2ccc3c(ccc4cc(N(c5ccc(C#N)cc5)c5ccc(-c6nc7ccccc7s6)cc5)ccc43)c2)cc1. The Kier molecular flexibility index (Phi) is 9.21. The van der Waals surface area contributed by atoms with Gasteiger partial charge >= 0.3 is 0 Å². The first kappa shape index (κ1) is 36.9. The Hall–Kier alpha value is -8.14. The molecule has 0 atom stereocenters. The first-order valence-electron chi connectivity index (χ1n) is 20.1. The average molecular weight is 829 g/mol. The largest absolute Gasteiger partial charge is 0.311 e. The van der Waals surface area contributed by atoms with Crippen molar-refractivity contribution in [1.82, 2.24) is 9.97 Å². The van der Waals surface area contributed by atoms with Crippen LogP contribution in [0.25, 0.3) is 68.0 Å². The highest BCUT2D eigenvalue weighted by Crippen LogP contribution is 2.42. The molecule has 0 spiro atoms. The zero-order chi connectivity index (χ0) is 41.6. The number of fused-ring (bicyclic) bond motifs is 5. The highest BCUT2D eigenvalue weighted by Gasteiger charge is 2.18. The topological polar surface area (TPSA) is 60.4 Å². The summed E-state index contributed by atoms with van der Waals surface area (Å²) in [6, 6.07) is 69.0. The maximum Gasteiger partial charge on any atom is 0.187 e. The van der Waals surface area contributed by atoms with Gasteiger partial charge < -0.3 is 9.80 Å². The number of anilines is 6. The van der Waals surface area contributed by atoms with E-state index in [0.717, 1.165) is 87.8 Å². The zero-order valence-corrected chi connectivity index (χ0v) is 34.6. The van der Waals surface area contributed by atoms with Crippen LogP contribution >= 0.6 is 22.7 Å². The molecular formula is C54H32N6S2. The molecule has 8 heteroatoms. The van der Waals surface area contributed by atoms with Crippen LogP contribution in [0.3, 0.4) is 0 Å². The molecule has 0 aliphatic rings. The zero-order valence-electron chi connectivity index (χ0n) is 33.0. The maximum absolute atomic E-state index is 9.57. The summed E-state index contributed by atoms with van der Waals surface area (Å²) in [6.45, 7) is 7.54. The molecule has 290 valence electrons. The van der Waals surface area contributed by atoms with Crippen LogP contribution in [-0.4, -0.2) is 9.97 Å². The Bertz CT molecular complexity index is 3240. The van der Waals surface area contributed by atoms with Gasteiger partial charge in [-0.05, 0) is 155 Å². The maximum atomic E-state index is 9.57. The normalized spacial score (nSPS) is 11.2. The highest BCUT2D eigenvalue weighted by molar-refractivity contribution is 7.22. The number of rotatable bonds is 8. The molecule has 62 heavy (non-hydrogen) atoms. The fourth-order valence-electron chi connectivity index (χ4n) is 8.08. The third-order valence-corrected chi connectivity index (χ3v) is 13.3.